The van der Waals surface area contributed by atoms with Crippen LogP contribution in [0.1, 0.15) is 74.2 Å². The monoisotopic (exact) mass is 493 g/mol. The molecule has 191 valence electrons. The molecular weight excluding hydrogens is 456 g/mol. The van der Waals surface area contributed by atoms with Crippen LogP contribution in [0.4, 0.5) is 0 Å². The third kappa shape index (κ3) is 8.49. The average molecular weight is 494 g/mol. The van der Waals surface area contributed by atoms with Gasteiger partial charge in [-0.1, -0.05) is 88.3 Å². The Hall–Kier alpha value is -3.07. The van der Waals surface area contributed by atoms with Gasteiger partial charge in [0.05, 0.1) is 12.2 Å². The van der Waals surface area contributed by atoms with Gasteiger partial charge in [0.25, 0.3) is 0 Å². The molecule has 37 heavy (non-hydrogen) atoms. The van der Waals surface area contributed by atoms with Crippen LogP contribution in [0.2, 0.25) is 0 Å². The van der Waals surface area contributed by atoms with Gasteiger partial charge in [-0.05, 0) is 85.2 Å². The number of hydrogen-bond acceptors (Lipinski definition) is 3. The molecule has 1 fully saturated rings. The SMILES string of the molecule is CCCCCCCCCCOc1ccc(-c2ccc(OC(=O)c3ccc([C]4[CH][CH][CH][CH]4)cc3)cc2)cc1. The standard InChI is InChI=1S/C34H37O3/c1-2-3-4-5-6-7-8-11-26-36-32-22-18-29(19-23-32)30-20-24-33(25-21-30)37-34(35)31-16-14-28(15-17-31)27-12-9-10-13-27/h9-10,12-25H,2-8,11,26H2,1H3. The summed E-state index contributed by atoms with van der Waals surface area (Å²) in [5.41, 5.74) is 3.77. The summed E-state index contributed by atoms with van der Waals surface area (Å²) in [4.78, 5) is 12.6. The van der Waals surface area contributed by atoms with Gasteiger partial charge in [-0.15, -0.1) is 0 Å². The van der Waals surface area contributed by atoms with E-state index in [9.17, 15) is 4.79 Å². The Morgan fingerprint density at radius 3 is 1.70 bits per heavy atom. The average Bonchev–Trinajstić information content (AvgIpc) is 3.48. The normalized spacial score (nSPS) is 13.5. The molecule has 0 spiro atoms. The highest BCUT2D eigenvalue weighted by atomic mass is 16.5. The summed E-state index contributed by atoms with van der Waals surface area (Å²) in [6, 6.07) is 23.3. The van der Waals surface area contributed by atoms with Crippen LogP contribution in [-0.2, 0) is 0 Å². The largest absolute Gasteiger partial charge is 0.494 e. The Balaban J connectivity index is 1.19. The maximum Gasteiger partial charge on any atom is 0.343 e. The molecule has 3 heteroatoms. The third-order valence-corrected chi connectivity index (χ3v) is 6.64. The molecule has 3 aromatic rings. The van der Waals surface area contributed by atoms with E-state index in [2.05, 4.69) is 19.1 Å². The minimum absolute atomic E-state index is 0.361. The van der Waals surface area contributed by atoms with E-state index >= 15 is 0 Å². The van der Waals surface area contributed by atoms with Gasteiger partial charge in [-0.25, -0.2) is 4.79 Å². The lowest BCUT2D eigenvalue weighted by Crippen LogP contribution is -2.08. The Morgan fingerprint density at radius 1 is 0.595 bits per heavy atom. The maximum atomic E-state index is 12.6. The van der Waals surface area contributed by atoms with Crippen molar-refractivity contribution in [2.75, 3.05) is 6.61 Å². The first-order valence-corrected chi connectivity index (χ1v) is 13.6. The number of unbranched alkanes of at least 4 members (excludes halogenated alkanes) is 7. The van der Waals surface area contributed by atoms with Crippen LogP contribution in [0.5, 0.6) is 11.5 Å². The van der Waals surface area contributed by atoms with E-state index in [0.717, 1.165) is 41.4 Å². The summed E-state index contributed by atoms with van der Waals surface area (Å²) in [6.07, 6.45) is 18.5. The van der Waals surface area contributed by atoms with Crippen molar-refractivity contribution in [1.82, 2.24) is 0 Å². The number of rotatable bonds is 14. The van der Waals surface area contributed by atoms with Crippen molar-refractivity contribution in [2.45, 2.75) is 58.3 Å². The van der Waals surface area contributed by atoms with Crippen LogP contribution in [0.15, 0.2) is 72.8 Å². The first-order valence-electron chi connectivity index (χ1n) is 13.6. The maximum absolute atomic E-state index is 12.6. The highest BCUT2D eigenvalue weighted by Crippen LogP contribution is 2.30. The lowest BCUT2D eigenvalue weighted by molar-refractivity contribution is 0.0735. The van der Waals surface area contributed by atoms with Crippen molar-refractivity contribution in [2.24, 2.45) is 0 Å². The van der Waals surface area contributed by atoms with Crippen LogP contribution in [0.25, 0.3) is 11.1 Å². The van der Waals surface area contributed by atoms with E-state index in [-0.39, 0.29) is 5.97 Å². The van der Waals surface area contributed by atoms with Crippen LogP contribution in [-0.4, -0.2) is 12.6 Å². The zero-order valence-corrected chi connectivity index (χ0v) is 21.8. The lowest BCUT2D eigenvalue weighted by Gasteiger charge is -2.10. The van der Waals surface area contributed by atoms with E-state index in [0.29, 0.717) is 11.3 Å². The molecule has 1 aliphatic rings. The highest BCUT2D eigenvalue weighted by Gasteiger charge is 2.19. The van der Waals surface area contributed by atoms with E-state index in [1.165, 1.54) is 44.9 Å². The van der Waals surface area contributed by atoms with Crippen molar-refractivity contribution in [1.29, 1.82) is 0 Å². The molecule has 4 rings (SSSR count). The summed E-state index contributed by atoms with van der Waals surface area (Å²) in [5.74, 6) is 2.21. The molecule has 1 aliphatic carbocycles. The summed E-state index contributed by atoms with van der Waals surface area (Å²) >= 11 is 0. The fraction of sp³-hybridized carbons (Fsp3) is 0.294. The minimum Gasteiger partial charge on any atom is -0.494 e. The van der Waals surface area contributed by atoms with Crippen molar-refractivity contribution in [3.05, 3.63) is 116 Å². The van der Waals surface area contributed by atoms with Crippen molar-refractivity contribution >= 4 is 5.97 Å². The zero-order valence-electron chi connectivity index (χ0n) is 21.8. The lowest BCUT2D eigenvalue weighted by atomic mass is 9.97. The third-order valence-electron chi connectivity index (χ3n) is 6.64. The van der Waals surface area contributed by atoms with Crippen LogP contribution in [0, 0.1) is 31.6 Å². The number of ether oxygens (including phenoxy) is 2. The quantitative estimate of drug-likeness (QED) is 0.128. The van der Waals surface area contributed by atoms with Gasteiger partial charge in [0.15, 0.2) is 0 Å². The molecule has 0 heterocycles. The second-order valence-corrected chi connectivity index (χ2v) is 9.51. The molecule has 1 saturated carbocycles. The highest BCUT2D eigenvalue weighted by molar-refractivity contribution is 5.91. The van der Waals surface area contributed by atoms with Gasteiger partial charge in [-0.3, -0.25) is 0 Å². The first kappa shape index (κ1) is 27.0. The van der Waals surface area contributed by atoms with E-state index < -0.39 is 0 Å². The Kier molecular flexibility index (Phi) is 10.7. The molecular formula is C34H37O3. The van der Waals surface area contributed by atoms with Crippen molar-refractivity contribution in [3.63, 3.8) is 0 Å². The van der Waals surface area contributed by atoms with Crippen LogP contribution >= 0.6 is 0 Å². The molecule has 0 saturated heterocycles. The van der Waals surface area contributed by atoms with Gasteiger partial charge < -0.3 is 9.47 Å². The number of hydrogen-bond donors (Lipinski definition) is 0. The zero-order chi connectivity index (χ0) is 25.7. The van der Waals surface area contributed by atoms with E-state index in [1.54, 1.807) is 12.1 Å². The van der Waals surface area contributed by atoms with E-state index in [1.807, 2.05) is 74.2 Å². The Morgan fingerprint density at radius 2 is 1.11 bits per heavy atom. The molecule has 3 aromatic carbocycles. The van der Waals surface area contributed by atoms with Gasteiger partial charge >= 0.3 is 5.97 Å². The van der Waals surface area contributed by atoms with Crippen molar-refractivity contribution in [3.8, 4) is 22.6 Å². The smallest absolute Gasteiger partial charge is 0.343 e. The summed E-state index contributed by atoms with van der Waals surface area (Å²) in [5, 5.41) is 0. The van der Waals surface area contributed by atoms with Crippen molar-refractivity contribution < 1.29 is 14.3 Å². The molecule has 0 N–H and O–H groups in total. The molecule has 0 unspecified atom stereocenters. The van der Waals surface area contributed by atoms with Crippen LogP contribution < -0.4 is 9.47 Å². The first-order chi connectivity index (χ1) is 18.2. The fourth-order valence-electron chi connectivity index (χ4n) is 4.42. The summed E-state index contributed by atoms with van der Waals surface area (Å²) < 4.78 is 11.5. The molecule has 0 aromatic heterocycles. The van der Waals surface area contributed by atoms with Gasteiger partial charge in [0.1, 0.15) is 11.5 Å². The second kappa shape index (κ2) is 14.6. The topological polar surface area (TPSA) is 35.5 Å². The second-order valence-electron chi connectivity index (χ2n) is 9.51. The number of carbonyl (C=O) groups excluding carboxylic acids is 1. The number of esters is 1. The summed E-state index contributed by atoms with van der Waals surface area (Å²) in [6.45, 7) is 3.03. The summed E-state index contributed by atoms with van der Waals surface area (Å²) in [7, 11) is 0. The molecule has 3 nitrogen and oxygen atoms in total. The molecule has 0 aliphatic heterocycles. The van der Waals surface area contributed by atoms with Gasteiger partial charge in [-0.2, -0.15) is 0 Å². The van der Waals surface area contributed by atoms with Gasteiger partial charge in [0, 0.05) is 5.92 Å². The van der Waals surface area contributed by atoms with Crippen LogP contribution in [0.3, 0.4) is 0 Å². The minimum atomic E-state index is -0.361. The molecule has 5 radical (unpaired) electrons. The fourth-order valence-corrected chi connectivity index (χ4v) is 4.42. The molecule has 0 bridgehead atoms. The number of benzene rings is 3. The predicted molar refractivity (Wildman–Crippen MR) is 151 cm³/mol. The Bertz CT molecular complexity index is 1060. The van der Waals surface area contributed by atoms with E-state index in [4.69, 9.17) is 9.47 Å². The molecule has 0 atom stereocenters. The molecule has 0 amide bonds. The number of carbonyl (C=O) groups is 1. The Labute approximate surface area is 223 Å². The predicted octanol–water partition coefficient (Wildman–Crippen LogP) is 8.85. The van der Waals surface area contributed by atoms with Gasteiger partial charge in [0.2, 0.25) is 0 Å².